The van der Waals surface area contributed by atoms with Crippen molar-refractivity contribution in [3.8, 4) is 0 Å². The molecule has 6 nitrogen and oxygen atoms in total. The van der Waals surface area contributed by atoms with Gasteiger partial charge in [0, 0.05) is 13.2 Å². The van der Waals surface area contributed by atoms with E-state index in [2.05, 4.69) is 31.6 Å². The molecule has 0 spiro atoms. The van der Waals surface area contributed by atoms with Crippen molar-refractivity contribution in [1.82, 2.24) is 10.2 Å². The number of allylic oxidation sites excluding steroid dienone is 1. The van der Waals surface area contributed by atoms with E-state index < -0.39 is 0 Å². The smallest absolute Gasteiger partial charge is 0.252 e. The highest BCUT2D eigenvalue weighted by molar-refractivity contribution is 5.96. The first kappa shape index (κ1) is 15.1. The molecule has 104 valence electrons. The van der Waals surface area contributed by atoms with Gasteiger partial charge in [-0.1, -0.05) is 0 Å². The molecule has 0 aliphatic carbocycles. The van der Waals surface area contributed by atoms with Gasteiger partial charge < -0.3 is 14.7 Å². The number of carbonyl (C=O) groups is 1. The van der Waals surface area contributed by atoms with Gasteiger partial charge >= 0.3 is 0 Å². The molecule has 1 aliphatic rings. The van der Waals surface area contributed by atoms with Gasteiger partial charge in [-0.15, -0.1) is 4.91 Å². The van der Waals surface area contributed by atoms with E-state index >= 15 is 0 Å². The Morgan fingerprint density at radius 1 is 1.42 bits per heavy atom. The first-order valence-corrected chi connectivity index (χ1v) is 6.07. The van der Waals surface area contributed by atoms with Crippen LogP contribution in [0, 0.1) is 4.91 Å². The van der Waals surface area contributed by atoms with Gasteiger partial charge in [-0.25, -0.2) is 0 Å². The zero-order valence-corrected chi connectivity index (χ0v) is 11.9. The van der Waals surface area contributed by atoms with E-state index in [0.717, 1.165) is 11.0 Å². The molecule has 0 aromatic carbocycles. The van der Waals surface area contributed by atoms with Crippen molar-refractivity contribution >= 4 is 5.91 Å². The van der Waals surface area contributed by atoms with E-state index in [-0.39, 0.29) is 5.91 Å². The molecule has 6 heteroatoms. The van der Waals surface area contributed by atoms with Crippen LogP contribution in [0.1, 0.15) is 0 Å². The van der Waals surface area contributed by atoms with Crippen molar-refractivity contribution in [1.29, 1.82) is 0 Å². The van der Waals surface area contributed by atoms with Crippen LogP contribution in [-0.4, -0.2) is 56.6 Å². The highest BCUT2D eigenvalue weighted by Crippen LogP contribution is 2.15. The lowest BCUT2D eigenvalue weighted by molar-refractivity contribution is -0.869. The van der Waals surface area contributed by atoms with Crippen molar-refractivity contribution in [3.63, 3.8) is 0 Å². The summed E-state index contributed by atoms with van der Waals surface area (Å²) in [6.07, 6.45) is 6.26. The zero-order valence-electron chi connectivity index (χ0n) is 11.9. The Hall–Kier alpha value is -1.95. The molecule has 0 saturated heterocycles. The molecule has 1 amide bonds. The minimum Gasteiger partial charge on any atom is -0.349 e. The van der Waals surface area contributed by atoms with Crippen molar-refractivity contribution in [2.75, 3.05) is 41.3 Å². The number of likely N-dealkylation sites (N-methyl/N-ethyl adjacent to an activating group) is 2. The van der Waals surface area contributed by atoms with Crippen LogP contribution < -0.4 is 5.32 Å². The van der Waals surface area contributed by atoms with Crippen LogP contribution in [0.25, 0.3) is 0 Å². The fourth-order valence-corrected chi connectivity index (χ4v) is 1.55. The second kappa shape index (κ2) is 6.29. The molecule has 0 bridgehead atoms. The summed E-state index contributed by atoms with van der Waals surface area (Å²) in [6.45, 7) is 1.48. The molecule has 0 fully saturated rings. The summed E-state index contributed by atoms with van der Waals surface area (Å²) in [5.74, 6) is -0.116. The molecular formula is C13H21N4O2+. The van der Waals surface area contributed by atoms with Gasteiger partial charge in [0.05, 0.1) is 51.7 Å². The number of nitrogens with zero attached hydrogens (tertiary/aromatic N) is 3. The molecule has 0 aromatic rings. The van der Waals surface area contributed by atoms with Crippen LogP contribution in [0.5, 0.6) is 0 Å². The number of quaternary nitrogens is 1. The van der Waals surface area contributed by atoms with Gasteiger partial charge in [0.2, 0.25) is 0 Å². The zero-order chi connectivity index (χ0) is 14.5. The van der Waals surface area contributed by atoms with E-state index in [0.29, 0.717) is 17.8 Å². The van der Waals surface area contributed by atoms with Crippen molar-refractivity contribution in [3.05, 3.63) is 40.7 Å². The Kier molecular flexibility index (Phi) is 5.00. The molecule has 19 heavy (non-hydrogen) atoms. The van der Waals surface area contributed by atoms with E-state index in [9.17, 15) is 9.70 Å². The fourth-order valence-electron chi connectivity index (χ4n) is 1.55. The number of nitroso groups, excluding NO2 is 1. The Morgan fingerprint density at radius 3 is 2.63 bits per heavy atom. The maximum atomic E-state index is 11.9. The minimum atomic E-state index is -0.116. The lowest BCUT2D eigenvalue weighted by Gasteiger charge is -2.24. The maximum Gasteiger partial charge on any atom is 0.252 e. The molecule has 0 unspecified atom stereocenters. The highest BCUT2D eigenvalue weighted by atomic mass is 16.2. The summed E-state index contributed by atoms with van der Waals surface area (Å²) < 4.78 is 0.799. The van der Waals surface area contributed by atoms with Crippen LogP contribution in [0.3, 0.4) is 0 Å². The van der Waals surface area contributed by atoms with E-state index in [4.69, 9.17) is 0 Å². The lowest BCUT2D eigenvalue weighted by atomic mass is 10.1. The number of amides is 1. The Bertz CT molecular complexity index is 444. The predicted molar refractivity (Wildman–Crippen MR) is 74.8 cm³/mol. The van der Waals surface area contributed by atoms with E-state index in [1.807, 2.05) is 0 Å². The summed E-state index contributed by atoms with van der Waals surface area (Å²) in [5.41, 5.74) is 1.21. The molecule has 1 rings (SSSR count). The molecule has 0 aromatic heterocycles. The third kappa shape index (κ3) is 5.05. The van der Waals surface area contributed by atoms with Gasteiger partial charge in [-0.2, -0.15) is 0 Å². The minimum absolute atomic E-state index is 0.116. The maximum absolute atomic E-state index is 11.9. The number of hydrogen-bond acceptors (Lipinski definition) is 4. The average molecular weight is 265 g/mol. The average Bonchev–Trinajstić information content (AvgIpc) is 2.30. The van der Waals surface area contributed by atoms with Crippen LogP contribution in [0.2, 0.25) is 0 Å². The van der Waals surface area contributed by atoms with Crippen molar-refractivity contribution in [2.24, 2.45) is 5.18 Å². The molecule has 0 radical (unpaired) electrons. The Balaban J connectivity index is 2.56. The summed E-state index contributed by atoms with van der Waals surface area (Å²) in [4.78, 5) is 23.8. The standard InChI is InChI=1S/C13H20N4O2/c1-16-10-11(5-6-12(16)9-15-19)13(18)14-7-8-17(2,3)4/h5-6,9-10H,7-8H2,1-4H3/p+1. The summed E-state index contributed by atoms with van der Waals surface area (Å²) in [5, 5.41) is 5.59. The monoisotopic (exact) mass is 265 g/mol. The van der Waals surface area contributed by atoms with Crippen LogP contribution >= 0.6 is 0 Å². The molecular weight excluding hydrogens is 244 g/mol. The van der Waals surface area contributed by atoms with Gasteiger partial charge in [0.1, 0.15) is 0 Å². The molecule has 0 atom stereocenters. The predicted octanol–water partition coefficient (Wildman–Crippen LogP) is 0.802. The second-order valence-corrected chi connectivity index (χ2v) is 5.46. The molecule has 1 heterocycles. The van der Waals surface area contributed by atoms with E-state index in [1.165, 1.54) is 6.20 Å². The first-order chi connectivity index (χ1) is 8.83. The summed E-state index contributed by atoms with van der Waals surface area (Å²) in [6, 6.07) is 0. The third-order valence-electron chi connectivity index (χ3n) is 2.69. The summed E-state index contributed by atoms with van der Waals surface area (Å²) >= 11 is 0. The van der Waals surface area contributed by atoms with Gasteiger partial charge in [-0.3, -0.25) is 4.79 Å². The third-order valence-corrected chi connectivity index (χ3v) is 2.69. The SMILES string of the molecule is CN1C=C(C(=O)NCC[N+](C)(C)C)C=CC1=CN=O. The second-order valence-electron chi connectivity index (χ2n) is 5.46. The number of nitrogens with one attached hydrogen (secondary N) is 1. The van der Waals surface area contributed by atoms with Gasteiger partial charge in [-0.05, 0) is 17.3 Å². The Morgan fingerprint density at radius 2 is 2.11 bits per heavy atom. The van der Waals surface area contributed by atoms with Gasteiger partial charge in [0.25, 0.3) is 5.91 Å². The van der Waals surface area contributed by atoms with Gasteiger partial charge in [0.15, 0.2) is 0 Å². The quantitative estimate of drug-likeness (QED) is 0.591. The topological polar surface area (TPSA) is 61.8 Å². The molecule has 1 aliphatic heterocycles. The van der Waals surface area contributed by atoms with Crippen LogP contribution in [0.4, 0.5) is 0 Å². The molecule has 1 N–H and O–H groups in total. The summed E-state index contributed by atoms with van der Waals surface area (Å²) in [7, 11) is 7.98. The van der Waals surface area contributed by atoms with Crippen LogP contribution in [-0.2, 0) is 4.79 Å². The number of rotatable bonds is 5. The van der Waals surface area contributed by atoms with Crippen molar-refractivity contribution in [2.45, 2.75) is 0 Å². The first-order valence-electron chi connectivity index (χ1n) is 6.07. The largest absolute Gasteiger partial charge is 0.349 e. The number of carbonyl (C=O) groups excluding carboxylic acids is 1. The number of hydrogen-bond donors (Lipinski definition) is 1. The fraction of sp³-hybridized carbons (Fsp3) is 0.462. The highest BCUT2D eigenvalue weighted by Gasteiger charge is 2.14. The van der Waals surface area contributed by atoms with Crippen LogP contribution in [0.15, 0.2) is 41.0 Å². The lowest BCUT2D eigenvalue weighted by Crippen LogP contribution is -2.42. The van der Waals surface area contributed by atoms with Crippen molar-refractivity contribution < 1.29 is 9.28 Å². The Labute approximate surface area is 113 Å². The molecule has 0 saturated carbocycles. The normalized spacial score (nSPS) is 17.4. The van der Waals surface area contributed by atoms with E-state index in [1.54, 1.807) is 30.3 Å².